The third-order valence-electron chi connectivity index (χ3n) is 4.01. The highest BCUT2D eigenvalue weighted by Crippen LogP contribution is 2.34. The Morgan fingerprint density at radius 3 is 2.29 bits per heavy atom. The molecular weight excluding hydrogens is 457 g/mol. The highest BCUT2D eigenvalue weighted by molar-refractivity contribution is 7.89. The van der Waals surface area contributed by atoms with Gasteiger partial charge in [-0.05, 0) is 60.7 Å². The van der Waals surface area contributed by atoms with Gasteiger partial charge in [-0.2, -0.15) is 13.2 Å². The van der Waals surface area contributed by atoms with E-state index in [4.69, 9.17) is 21.5 Å². The maximum atomic E-state index is 13.2. The van der Waals surface area contributed by atoms with Crippen LogP contribution in [0.2, 0.25) is 5.02 Å². The quantitative estimate of drug-likeness (QED) is 0.545. The zero-order valence-corrected chi connectivity index (χ0v) is 17.1. The van der Waals surface area contributed by atoms with Crippen LogP contribution in [0.15, 0.2) is 71.6 Å². The molecule has 1 amide bonds. The van der Waals surface area contributed by atoms with Gasteiger partial charge in [-0.25, -0.2) is 13.6 Å². The number of carbonyl (C=O) groups is 1. The van der Waals surface area contributed by atoms with Crippen molar-refractivity contribution in [1.29, 1.82) is 0 Å². The average molecular weight is 471 g/mol. The molecule has 0 atom stereocenters. The molecule has 3 aromatic rings. The van der Waals surface area contributed by atoms with Crippen molar-refractivity contribution in [2.24, 2.45) is 5.14 Å². The van der Waals surface area contributed by atoms with Gasteiger partial charge in [-0.15, -0.1) is 0 Å². The summed E-state index contributed by atoms with van der Waals surface area (Å²) in [5.41, 5.74) is -1.45. The molecule has 0 saturated heterocycles. The predicted molar refractivity (Wildman–Crippen MR) is 109 cm³/mol. The van der Waals surface area contributed by atoms with Gasteiger partial charge < -0.3 is 10.1 Å². The zero-order valence-electron chi connectivity index (χ0n) is 15.5. The highest BCUT2D eigenvalue weighted by Gasteiger charge is 2.32. The molecule has 0 spiro atoms. The molecule has 0 heterocycles. The lowest BCUT2D eigenvalue weighted by Gasteiger charge is -2.15. The summed E-state index contributed by atoms with van der Waals surface area (Å²) < 4.78 is 68.1. The number of anilines is 1. The molecular formula is C20H14ClF3N2O4S. The van der Waals surface area contributed by atoms with Crippen LogP contribution in [0, 0.1) is 0 Å². The summed E-state index contributed by atoms with van der Waals surface area (Å²) in [4.78, 5) is 12.5. The number of nitrogens with two attached hydrogens (primary N) is 1. The standard InChI is InChI=1S/C20H14ClF3N2O4S/c21-13-5-7-15(8-6-13)30-18-9-4-12(20(22,23)24)10-17(18)19(27)26-14-2-1-3-16(11-14)31(25,28)29/h1-11H,(H,26,27)(H2,25,28,29). The Hall–Kier alpha value is -3.08. The minimum Gasteiger partial charge on any atom is -0.457 e. The van der Waals surface area contributed by atoms with Crippen molar-refractivity contribution in [2.75, 3.05) is 5.32 Å². The van der Waals surface area contributed by atoms with Crippen LogP contribution in [-0.4, -0.2) is 14.3 Å². The number of nitrogens with one attached hydrogen (secondary N) is 1. The summed E-state index contributed by atoms with van der Waals surface area (Å²) >= 11 is 5.81. The molecule has 6 nitrogen and oxygen atoms in total. The first kappa shape index (κ1) is 22.6. The van der Waals surface area contributed by atoms with E-state index in [1.54, 1.807) is 0 Å². The molecule has 162 valence electrons. The van der Waals surface area contributed by atoms with Gasteiger partial charge >= 0.3 is 6.18 Å². The van der Waals surface area contributed by atoms with Gasteiger partial charge in [0.15, 0.2) is 0 Å². The summed E-state index contributed by atoms with van der Waals surface area (Å²) in [6.45, 7) is 0. The average Bonchev–Trinajstić information content (AvgIpc) is 2.68. The van der Waals surface area contributed by atoms with Crippen LogP contribution in [-0.2, 0) is 16.2 Å². The second kappa shape index (κ2) is 8.58. The number of alkyl halides is 3. The van der Waals surface area contributed by atoms with Crippen molar-refractivity contribution < 1.29 is 31.1 Å². The number of benzene rings is 3. The highest BCUT2D eigenvalue weighted by atomic mass is 35.5. The minimum absolute atomic E-state index is 0.0198. The lowest BCUT2D eigenvalue weighted by Crippen LogP contribution is -2.16. The van der Waals surface area contributed by atoms with Gasteiger partial charge in [0.25, 0.3) is 5.91 Å². The van der Waals surface area contributed by atoms with E-state index in [-0.39, 0.29) is 22.1 Å². The maximum absolute atomic E-state index is 13.2. The monoisotopic (exact) mass is 470 g/mol. The number of rotatable bonds is 5. The Bertz CT molecular complexity index is 1230. The SMILES string of the molecule is NS(=O)(=O)c1cccc(NC(=O)c2cc(C(F)(F)F)ccc2Oc2ccc(Cl)cc2)c1. The first-order chi connectivity index (χ1) is 14.4. The van der Waals surface area contributed by atoms with Gasteiger partial charge in [0.2, 0.25) is 10.0 Å². The number of sulfonamides is 1. The molecule has 0 bridgehead atoms. The van der Waals surface area contributed by atoms with E-state index in [0.29, 0.717) is 11.1 Å². The molecule has 0 aliphatic carbocycles. The van der Waals surface area contributed by atoms with Gasteiger partial charge in [-0.3, -0.25) is 4.79 Å². The lowest BCUT2D eigenvalue weighted by molar-refractivity contribution is -0.137. The summed E-state index contributed by atoms with van der Waals surface area (Å²) in [6, 6.07) is 13.4. The van der Waals surface area contributed by atoms with E-state index in [9.17, 15) is 26.4 Å². The molecule has 0 unspecified atom stereocenters. The van der Waals surface area contributed by atoms with E-state index in [1.165, 1.54) is 42.5 Å². The van der Waals surface area contributed by atoms with Crippen molar-refractivity contribution in [3.63, 3.8) is 0 Å². The zero-order chi connectivity index (χ0) is 22.8. The molecule has 0 aromatic heterocycles. The second-order valence-corrected chi connectivity index (χ2v) is 8.29. The predicted octanol–water partition coefficient (Wildman–Crippen LogP) is 5.05. The third kappa shape index (κ3) is 5.75. The molecule has 3 aromatic carbocycles. The van der Waals surface area contributed by atoms with Crippen LogP contribution in [0.4, 0.5) is 18.9 Å². The molecule has 0 aliphatic heterocycles. The van der Waals surface area contributed by atoms with E-state index < -0.39 is 33.2 Å². The first-order valence-electron chi connectivity index (χ1n) is 8.52. The van der Waals surface area contributed by atoms with Gasteiger partial charge in [0, 0.05) is 10.7 Å². The Balaban J connectivity index is 1.98. The van der Waals surface area contributed by atoms with Crippen LogP contribution in [0.25, 0.3) is 0 Å². The number of carbonyl (C=O) groups excluding carboxylic acids is 1. The Kier molecular flexibility index (Phi) is 6.25. The van der Waals surface area contributed by atoms with E-state index in [0.717, 1.165) is 18.2 Å². The van der Waals surface area contributed by atoms with Crippen molar-refractivity contribution in [2.45, 2.75) is 11.1 Å². The van der Waals surface area contributed by atoms with Crippen LogP contribution < -0.4 is 15.2 Å². The molecule has 0 radical (unpaired) electrons. The first-order valence-corrected chi connectivity index (χ1v) is 10.4. The number of amides is 1. The van der Waals surface area contributed by atoms with Crippen molar-refractivity contribution in [3.05, 3.63) is 82.9 Å². The van der Waals surface area contributed by atoms with Crippen molar-refractivity contribution in [3.8, 4) is 11.5 Å². The summed E-state index contributed by atoms with van der Waals surface area (Å²) in [7, 11) is -4.04. The number of primary sulfonamides is 1. The molecule has 31 heavy (non-hydrogen) atoms. The fraction of sp³-hybridized carbons (Fsp3) is 0.0500. The fourth-order valence-electron chi connectivity index (χ4n) is 2.55. The minimum atomic E-state index is -4.69. The molecule has 3 rings (SSSR count). The van der Waals surface area contributed by atoms with Gasteiger partial charge in [0.05, 0.1) is 16.0 Å². The van der Waals surface area contributed by atoms with Crippen LogP contribution >= 0.6 is 11.6 Å². The summed E-state index contributed by atoms with van der Waals surface area (Å²) in [6.07, 6.45) is -4.69. The molecule has 11 heteroatoms. The molecule has 0 fully saturated rings. The number of ether oxygens (including phenoxy) is 1. The summed E-state index contributed by atoms with van der Waals surface area (Å²) in [5, 5.41) is 7.84. The van der Waals surface area contributed by atoms with Gasteiger partial charge in [-0.1, -0.05) is 17.7 Å². The fourth-order valence-corrected chi connectivity index (χ4v) is 3.24. The van der Waals surface area contributed by atoms with Crippen LogP contribution in [0.5, 0.6) is 11.5 Å². The van der Waals surface area contributed by atoms with E-state index in [1.807, 2.05) is 0 Å². The van der Waals surface area contributed by atoms with Crippen LogP contribution in [0.1, 0.15) is 15.9 Å². The second-order valence-electron chi connectivity index (χ2n) is 6.29. The number of halogens is 4. The molecule has 0 aliphatic rings. The summed E-state index contributed by atoms with van der Waals surface area (Å²) in [5.74, 6) is -0.841. The van der Waals surface area contributed by atoms with Crippen LogP contribution in [0.3, 0.4) is 0 Å². The normalized spacial score (nSPS) is 11.8. The Morgan fingerprint density at radius 2 is 1.68 bits per heavy atom. The molecule has 3 N–H and O–H groups in total. The van der Waals surface area contributed by atoms with Crippen molar-refractivity contribution in [1.82, 2.24) is 0 Å². The van der Waals surface area contributed by atoms with E-state index in [2.05, 4.69) is 5.32 Å². The lowest BCUT2D eigenvalue weighted by atomic mass is 10.1. The Labute approximate surface area is 180 Å². The van der Waals surface area contributed by atoms with Crippen molar-refractivity contribution >= 4 is 33.2 Å². The maximum Gasteiger partial charge on any atom is 0.416 e. The Morgan fingerprint density at radius 1 is 1.00 bits per heavy atom. The smallest absolute Gasteiger partial charge is 0.416 e. The number of hydrogen-bond acceptors (Lipinski definition) is 4. The van der Waals surface area contributed by atoms with Gasteiger partial charge in [0.1, 0.15) is 11.5 Å². The van der Waals surface area contributed by atoms with E-state index >= 15 is 0 Å². The third-order valence-corrected chi connectivity index (χ3v) is 5.18. The number of hydrogen-bond donors (Lipinski definition) is 2. The largest absolute Gasteiger partial charge is 0.457 e. The molecule has 0 saturated carbocycles. The topological polar surface area (TPSA) is 98.5 Å².